The minimum atomic E-state index is 0.833. The summed E-state index contributed by atoms with van der Waals surface area (Å²) >= 11 is 0. The van der Waals surface area contributed by atoms with Gasteiger partial charge in [0.1, 0.15) is 0 Å². The molecule has 0 heterocycles. The molecule has 0 N–H and O–H groups in total. The minimum absolute atomic E-state index is 0.833. The molecular weight excluding hydrogens is 211 g/mol. The summed E-state index contributed by atoms with van der Waals surface area (Å²) in [4.78, 5) is 0. The molecule has 2 rings (SSSR count). The van der Waals surface area contributed by atoms with Crippen molar-refractivity contribution in [2.75, 3.05) is 6.66 Å². The van der Waals surface area contributed by atoms with Crippen LogP contribution in [0, 0.1) is 0 Å². The van der Waals surface area contributed by atoms with Crippen molar-refractivity contribution < 1.29 is 0 Å². The predicted octanol–water partition coefficient (Wildman–Crippen LogP) is 4.19. The van der Waals surface area contributed by atoms with Crippen LogP contribution >= 0.6 is 8.58 Å². The molecule has 1 aliphatic rings. The van der Waals surface area contributed by atoms with Gasteiger partial charge in [-0.15, -0.1) is 8.58 Å². The third-order valence-electron chi connectivity index (χ3n) is 3.22. The summed E-state index contributed by atoms with van der Waals surface area (Å²) in [5, 5.41) is 0. The summed E-state index contributed by atoms with van der Waals surface area (Å²) in [6, 6.07) is 9.19. The van der Waals surface area contributed by atoms with Crippen LogP contribution in [0.1, 0.15) is 30.9 Å². The van der Waals surface area contributed by atoms with Crippen molar-refractivity contribution in [2.45, 2.75) is 38.3 Å². The standard InChI is InChI=1S/C15H21P/c1-12(16-2)11-15-9-7-14(8-10-15)6-5-13-3-4-13/h5,7-10,12,16H,3-4,6,11H2,1-2H3. The molecule has 1 heteroatoms. The fourth-order valence-corrected chi connectivity index (χ4v) is 2.25. The zero-order chi connectivity index (χ0) is 11.4. The summed E-state index contributed by atoms with van der Waals surface area (Å²) in [6.07, 6.45) is 7.43. The van der Waals surface area contributed by atoms with E-state index in [2.05, 4.69) is 43.9 Å². The Balaban J connectivity index is 1.90. The van der Waals surface area contributed by atoms with Crippen LogP contribution in [0.15, 0.2) is 35.9 Å². The Kier molecular flexibility index (Phi) is 4.18. The van der Waals surface area contributed by atoms with Crippen molar-refractivity contribution in [3.05, 3.63) is 47.0 Å². The lowest BCUT2D eigenvalue weighted by molar-refractivity contribution is 0.937. The second kappa shape index (κ2) is 5.64. The van der Waals surface area contributed by atoms with Crippen molar-refractivity contribution in [1.29, 1.82) is 0 Å². The summed E-state index contributed by atoms with van der Waals surface area (Å²) < 4.78 is 0. The summed E-state index contributed by atoms with van der Waals surface area (Å²) in [6.45, 7) is 4.63. The van der Waals surface area contributed by atoms with Crippen LogP contribution in [0.2, 0.25) is 0 Å². The Bertz CT molecular complexity index is 356. The van der Waals surface area contributed by atoms with Gasteiger partial charge in [-0.1, -0.05) is 42.8 Å². The van der Waals surface area contributed by atoms with Crippen LogP contribution in [0.25, 0.3) is 0 Å². The van der Waals surface area contributed by atoms with E-state index in [9.17, 15) is 0 Å². The summed E-state index contributed by atoms with van der Waals surface area (Å²) in [5.41, 5.74) is 5.42. The molecule has 0 bridgehead atoms. The number of allylic oxidation sites excluding steroid dienone is 2. The monoisotopic (exact) mass is 232 g/mol. The van der Waals surface area contributed by atoms with E-state index in [0.717, 1.165) is 20.7 Å². The highest BCUT2D eigenvalue weighted by molar-refractivity contribution is 7.37. The first kappa shape index (κ1) is 11.9. The molecule has 1 aromatic carbocycles. The van der Waals surface area contributed by atoms with Crippen LogP contribution in [-0.4, -0.2) is 12.3 Å². The van der Waals surface area contributed by atoms with Crippen molar-refractivity contribution in [3.8, 4) is 0 Å². The van der Waals surface area contributed by atoms with Crippen LogP contribution in [-0.2, 0) is 12.8 Å². The normalized spacial score (nSPS) is 16.8. The summed E-state index contributed by atoms with van der Waals surface area (Å²) in [7, 11) is 1.05. The van der Waals surface area contributed by atoms with Gasteiger partial charge in [0.15, 0.2) is 0 Å². The average molecular weight is 232 g/mol. The Morgan fingerprint density at radius 3 is 2.38 bits per heavy atom. The van der Waals surface area contributed by atoms with Gasteiger partial charge >= 0.3 is 0 Å². The molecule has 0 saturated heterocycles. The third kappa shape index (κ3) is 3.76. The topological polar surface area (TPSA) is 0 Å². The van der Waals surface area contributed by atoms with Gasteiger partial charge in [-0.2, -0.15) is 0 Å². The molecule has 0 radical (unpaired) electrons. The van der Waals surface area contributed by atoms with Crippen LogP contribution in [0.3, 0.4) is 0 Å². The van der Waals surface area contributed by atoms with Gasteiger partial charge in [-0.3, -0.25) is 0 Å². The van der Waals surface area contributed by atoms with Gasteiger partial charge in [0.2, 0.25) is 0 Å². The number of benzene rings is 1. The first-order valence-electron chi connectivity index (χ1n) is 6.21. The third-order valence-corrected chi connectivity index (χ3v) is 4.41. The maximum atomic E-state index is 2.39. The average Bonchev–Trinajstić information content (AvgIpc) is 3.12. The zero-order valence-electron chi connectivity index (χ0n) is 10.3. The Labute approximate surface area is 101 Å². The highest BCUT2D eigenvalue weighted by Crippen LogP contribution is 2.28. The molecule has 86 valence electrons. The number of rotatable bonds is 5. The molecule has 0 aromatic heterocycles. The molecule has 0 spiro atoms. The molecule has 0 aliphatic heterocycles. The van der Waals surface area contributed by atoms with E-state index in [-0.39, 0.29) is 0 Å². The van der Waals surface area contributed by atoms with Crippen LogP contribution < -0.4 is 0 Å². The smallest absolute Gasteiger partial charge is 0.00948 e. The molecule has 2 unspecified atom stereocenters. The van der Waals surface area contributed by atoms with Crippen molar-refractivity contribution in [1.82, 2.24) is 0 Å². The van der Waals surface area contributed by atoms with Crippen LogP contribution in [0.5, 0.6) is 0 Å². The molecule has 1 aromatic rings. The largest absolute Gasteiger partial charge is 0.122 e. The molecule has 1 aliphatic carbocycles. The highest BCUT2D eigenvalue weighted by Gasteiger charge is 2.09. The first-order valence-corrected chi connectivity index (χ1v) is 7.78. The lowest BCUT2D eigenvalue weighted by atomic mass is 10.1. The maximum absolute atomic E-state index is 2.39. The quantitative estimate of drug-likeness (QED) is 0.527. The Hall–Kier alpha value is -0.610. The van der Waals surface area contributed by atoms with Crippen molar-refractivity contribution in [2.24, 2.45) is 0 Å². The zero-order valence-corrected chi connectivity index (χ0v) is 11.3. The predicted molar refractivity (Wildman–Crippen MR) is 74.9 cm³/mol. The lowest BCUT2D eigenvalue weighted by Crippen LogP contribution is -1.98. The van der Waals surface area contributed by atoms with Crippen molar-refractivity contribution in [3.63, 3.8) is 0 Å². The maximum Gasteiger partial charge on any atom is -0.00948 e. The van der Waals surface area contributed by atoms with E-state index in [1.54, 1.807) is 5.57 Å². The van der Waals surface area contributed by atoms with Gasteiger partial charge in [0.05, 0.1) is 0 Å². The van der Waals surface area contributed by atoms with Gasteiger partial charge < -0.3 is 0 Å². The van der Waals surface area contributed by atoms with E-state index < -0.39 is 0 Å². The SMILES string of the molecule is CPC(C)Cc1ccc(CC=C2CC2)cc1. The molecule has 16 heavy (non-hydrogen) atoms. The molecule has 0 nitrogen and oxygen atoms in total. The fourth-order valence-electron chi connectivity index (χ4n) is 1.81. The number of hydrogen-bond acceptors (Lipinski definition) is 0. The number of hydrogen-bond donors (Lipinski definition) is 0. The molecule has 0 amide bonds. The Morgan fingerprint density at radius 2 is 1.81 bits per heavy atom. The van der Waals surface area contributed by atoms with Gasteiger partial charge in [-0.05, 0) is 49.1 Å². The van der Waals surface area contributed by atoms with E-state index in [1.165, 1.54) is 30.4 Å². The molecular formula is C15H21P. The Morgan fingerprint density at radius 1 is 1.19 bits per heavy atom. The van der Waals surface area contributed by atoms with E-state index in [1.807, 2.05) is 0 Å². The lowest BCUT2D eigenvalue weighted by Gasteiger charge is -2.08. The van der Waals surface area contributed by atoms with Gasteiger partial charge in [0.25, 0.3) is 0 Å². The molecule has 2 atom stereocenters. The molecule has 1 fully saturated rings. The second-order valence-electron chi connectivity index (χ2n) is 4.78. The first-order chi connectivity index (χ1) is 7.78. The van der Waals surface area contributed by atoms with Gasteiger partial charge in [0, 0.05) is 0 Å². The van der Waals surface area contributed by atoms with E-state index >= 15 is 0 Å². The van der Waals surface area contributed by atoms with Gasteiger partial charge in [-0.25, -0.2) is 0 Å². The van der Waals surface area contributed by atoms with Crippen molar-refractivity contribution >= 4 is 8.58 Å². The molecule has 1 saturated carbocycles. The van der Waals surface area contributed by atoms with E-state index in [0.29, 0.717) is 0 Å². The van der Waals surface area contributed by atoms with E-state index in [4.69, 9.17) is 0 Å². The highest BCUT2D eigenvalue weighted by atomic mass is 31.1. The van der Waals surface area contributed by atoms with Crippen LogP contribution in [0.4, 0.5) is 0 Å². The fraction of sp³-hybridized carbons (Fsp3) is 0.467. The summed E-state index contributed by atoms with van der Waals surface area (Å²) in [5.74, 6) is 0. The second-order valence-corrected chi connectivity index (χ2v) is 6.34. The minimum Gasteiger partial charge on any atom is -0.122 e.